The van der Waals surface area contributed by atoms with Gasteiger partial charge in [-0.15, -0.1) is 5.17 Å². The van der Waals surface area contributed by atoms with Crippen LogP contribution >= 0.6 is 22.6 Å². The van der Waals surface area contributed by atoms with Crippen molar-refractivity contribution in [3.8, 4) is 0 Å². The van der Waals surface area contributed by atoms with E-state index < -0.39 is 11.7 Å². The number of hydroxylamine groups is 1. The number of carbonyl (C=O) groups is 1. The molecule has 0 fully saturated rings. The van der Waals surface area contributed by atoms with Crippen molar-refractivity contribution in [3.63, 3.8) is 0 Å². The molecule has 3 rings (SSSR count). The molecule has 1 aromatic carbocycles. The molecule has 8 heteroatoms. The lowest BCUT2D eigenvalue weighted by Crippen LogP contribution is -2.36. The first-order valence-electron chi connectivity index (χ1n) is 7.11. The van der Waals surface area contributed by atoms with Gasteiger partial charge >= 0.3 is 5.91 Å². The van der Waals surface area contributed by atoms with Gasteiger partial charge in [0.05, 0.1) is 12.3 Å². The summed E-state index contributed by atoms with van der Waals surface area (Å²) in [7, 11) is 0. The van der Waals surface area contributed by atoms with Crippen molar-refractivity contribution in [1.82, 2.24) is 10.2 Å². The number of nitrogens with one attached hydrogen (secondary N) is 1. The van der Waals surface area contributed by atoms with Crippen LogP contribution in [0.25, 0.3) is 11.0 Å². The maximum Gasteiger partial charge on any atom is 0.332 e. The minimum atomic E-state index is -0.578. The average Bonchev–Trinajstić information content (AvgIpc) is 3.00. The molecule has 0 saturated heterocycles. The van der Waals surface area contributed by atoms with Gasteiger partial charge in [0, 0.05) is 21.4 Å². The third kappa shape index (κ3) is 3.49. The van der Waals surface area contributed by atoms with Crippen LogP contribution in [-0.4, -0.2) is 22.7 Å². The van der Waals surface area contributed by atoms with Crippen molar-refractivity contribution in [1.29, 1.82) is 0 Å². The molecule has 0 spiro atoms. The Morgan fingerprint density at radius 1 is 1.42 bits per heavy atom. The molecule has 0 bridgehead atoms. The summed E-state index contributed by atoms with van der Waals surface area (Å²) in [5.41, 5.74) is 3.28. The Balaban J connectivity index is 1.87. The summed E-state index contributed by atoms with van der Waals surface area (Å²) in [4.78, 5) is 21.8. The van der Waals surface area contributed by atoms with Gasteiger partial charge in [-0.2, -0.15) is 0 Å². The van der Waals surface area contributed by atoms with Crippen LogP contribution in [0.4, 0.5) is 10.1 Å². The SMILES string of the molecule is CCON(Nc1ccc(I)cc1F)C(=O)c1cc2cnccc2o1. The molecule has 0 aliphatic rings. The molecule has 0 unspecified atom stereocenters. The molecule has 1 amide bonds. The first kappa shape index (κ1) is 16.7. The van der Waals surface area contributed by atoms with Crippen LogP contribution < -0.4 is 5.43 Å². The van der Waals surface area contributed by atoms with Gasteiger partial charge < -0.3 is 4.42 Å². The zero-order valence-corrected chi connectivity index (χ0v) is 14.8. The molecule has 2 heterocycles. The number of amides is 1. The molecule has 124 valence electrons. The minimum absolute atomic E-state index is 0.0601. The number of hydrogen-bond acceptors (Lipinski definition) is 5. The van der Waals surface area contributed by atoms with Crippen LogP contribution in [0.5, 0.6) is 0 Å². The quantitative estimate of drug-likeness (QED) is 0.479. The monoisotopic (exact) mass is 441 g/mol. The van der Waals surface area contributed by atoms with E-state index in [-0.39, 0.29) is 18.1 Å². The fraction of sp³-hybridized carbons (Fsp3) is 0.125. The number of halogens is 2. The predicted molar refractivity (Wildman–Crippen MR) is 94.5 cm³/mol. The number of anilines is 1. The molecule has 0 atom stereocenters. The second kappa shape index (κ2) is 7.14. The molecule has 3 aromatic rings. The summed E-state index contributed by atoms with van der Waals surface area (Å²) >= 11 is 2.00. The Kier molecular flexibility index (Phi) is 4.95. The van der Waals surface area contributed by atoms with Crippen molar-refractivity contribution < 1.29 is 18.4 Å². The summed E-state index contributed by atoms with van der Waals surface area (Å²) in [6.07, 6.45) is 3.16. The first-order chi connectivity index (χ1) is 11.6. The summed E-state index contributed by atoms with van der Waals surface area (Å²) in [6, 6.07) is 7.81. The van der Waals surface area contributed by atoms with E-state index in [1.165, 1.54) is 12.1 Å². The van der Waals surface area contributed by atoms with Gasteiger partial charge in [-0.05, 0) is 59.8 Å². The van der Waals surface area contributed by atoms with Gasteiger partial charge in [0.1, 0.15) is 11.4 Å². The Labute approximate surface area is 150 Å². The molecular formula is C16H13FIN3O3. The van der Waals surface area contributed by atoms with Crippen molar-refractivity contribution in [3.05, 3.63) is 57.9 Å². The van der Waals surface area contributed by atoms with Crippen LogP contribution in [0.3, 0.4) is 0 Å². The fourth-order valence-corrected chi connectivity index (χ4v) is 2.50. The molecule has 0 aliphatic heterocycles. The van der Waals surface area contributed by atoms with E-state index >= 15 is 0 Å². The van der Waals surface area contributed by atoms with Crippen molar-refractivity contribution in [2.45, 2.75) is 6.92 Å². The molecular weight excluding hydrogens is 428 g/mol. The lowest BCUT2D eigenvalue weighted by atomic mass is 10.3. The van der Waals surface area contributed by atoms with E-state index in [1.54, 1.807) is 37.5 Å². The largest absolute Gasteiger partial charge is 0.451 e. The highest BCUT2D eigenvalue weighted by molar-refractivity contribution is 14.1. The topological polar surface area (TPSA) is 67.6 Å². The van der Waals surface area contributed by atoms with E-state index in [2.05, 4.69) is 10.4 Å². The van der Waals surface area contributed by atoms with Crippen molar-refractivity contribution in [2.24, 2.45) is 0 Å². The second-order valence-corrected chi connectivity index (χ2v) is 6.02. The average molecular weight is 441 g/mol. The number of fused-ring (bicyclic) bond motifs is 1. The molecule has 0 saturated carbocycles. The van der Waals surface area contributed by atoms with Crippen LogP contribution in [0.1, 0.15) is 17.5 Å². The summed E-state index contributed by atoms with van der Waals surface area (Å²) in [5, 5.41) is 1.55. The highest BCUT2D eigenvalue weighted by Gasteiger charge is 2.22. The molecule has 1 N–H and O–H groups in total. The van der Waals surface area contributed by atoms with Gasteiger partial charge in [0.15, 0.2) is 5.76 Å². The van der Waals surface area contributed by atoms with E-state index in [1.807, 2.05) is 22.6 Å². The molecule has 0 aliphatic carbocycles. The van der Waals surface area contributed by atoms with E-state index in [4.69, 9.17) is 9.25 Å². The number of benzene rings is 1. The van der Waals surface area contributed by atoms with Crippen LogP contribution in [0.15, 0.2) is 47.1 Å². The number of hydrogen-bond donors (Lipinski definition) is 1. The van der Waals surface area contributed by atoms with Crippen molar-refractivity contribution in [2.75, 3.05) is 12.0 Å². The molecule has 0 radical (unpaired) electrons. The van der Waals surface area contributed by atoms with Gasteiger partial charge in [-0.1, -0.05) is 0 Å². The lowest BCUT2D eigenvalue weighted by molar-refractivity contribution is -0.102. The van der Waals surface area contributed by atoms with E-state index in [0.29, 0.717) is 11.0 Å². The van der Waals surface area contributed by atoms with Crippen molar-refractivity contribution >= 4 is 45.2 Å². The summed E-state index contributed by atoms with van der Waals surface area (Å²) < 4.78 is 20.2. The van der Waals surface area contributed by atoms with Crippen LogP contribution in [0.2, 0.25) is 0 Å². The Bertz CT molecular complexity index is 851. The maximum atomic E-state index is 14.0. The first-order valence-corrected chi connectivity index (χ1v) is 8.19. The zero-order valence-electron chi connectivity index (χ0n) is 12.6. The van der Waals surface area contributed by atoms with Gasteiger partial charge in [-0.25, -0.2) is 4.39 Å². The number of aromatic nitrogens is 1. The van der Waals surface area contributed by atoms with Crippen LogP contribution in [0, 0.1) is 9.39 Å². The molecule has 6 nitrogen and oxygen atoms in total. The van der Waals surface area contributed by atoms with Gasteiger partial charge in [0.25, 0.3) is 0 Å². The number of pyridine rings is 1. The predicted octanol–water partition coefficient (Wildman–Crippen LogP) is 3.99. The van der Waals surface area contributed by atoms with Crippen LogP contribution in [-0.2, 0) is 4.84 Å². The number of nitrogens with zero attached hydrogens (tertiary/aromatic N) is 2. The second-order valence-electron chi connectivity index (χ2n) is 4.78. The van der Waals surface area contributed by atoms with E-state index in [9.17, 15) is 9.18 Å². The Morgan fingerprint density at radius 2 is 2.25 bits per heavy atom. The molecule has 24 heavy (non-hydrogen) atoms. The fourth-order valence-electron chi connectivity index (χ4n) is 2.05. The number of carbonyl (C=O) groups excluding carboxylic acids is 1. The number of furan rings is 1. The summed E-state index contributed by atoms with van der Waals surface area (Å²) in [6.45, 7) is 1.93. The third-order valence-electron chi connectivity index (χ3n) is 3.12. The Morgan fingerprint density at radius 3 is 2.96 bits per heavy atom. The molecule has 2 aromatic heterocycles. The highest BCUT2D eigenvalue weighted by Crippen LogP contribution is 2.21. The number of hydrazine groups is 1. The van der Waals surface area contributed by atoms with E-state index in [0.717, 1.165) is 8.74 Å². The summed E-state index contributed by atoms with van der Waals surface area (Å²) in [5.74, 6) is -1.01. The smallest absolute Gasteiger partial charge is 0.332 e. The minimum Gasteiger partial charge on any atom is -0.451 e. The zero-order chi connectivity index (χ0) is 17.1. The standard InChI is InChI=1S/C16H13FIN3O3/c1-2-23-21(20-13-4-3-11(18)8-12(13)17)16(22)15-7-10-9-19-6-5-14(10)24-15/h3-9,20H,2H2,1H3. The maximum absolute atomic E-state index is 14.0. The normalized spacial score (nSPS) is 10.8. The third-order valence-corrected chi connectivity index (χ3v) is 3.79. The number of rotatable bonds is 5. The van der Waals surface area contributed by atoms with Gasteiger partial charge in [-0.3, -0.25) is 20.0 Å². The lowest BCUT2D eigenvalue weighted by Gasteiger charge is -2.21. The van der Waals surface area contributed by atoms with Gasteiger partial charge in [0.2, 0.25) is 0 Å². The Hall–Kier alpha value is -2.20. The highest BCUT2D eigenvalue weighted by atomic mass is 127.